The van der Waals surface area contributed by atoms with Crippen LogP contribution in [0, 0.1) is 11.3 Å². The Kier molecular flexibility index (Phi) is 4.46. The van der Waals surface area contributed by atoms with Gasteiger partial charge < -0.3 is 9.16 Å². The van der Waals surface area contributed by atoms with Gasteiger partial charge in [-0.2, -0.15) is 0 Å². The first-order chi connectivity index (χ1) is 11.4. The lowest BCUT2D eigenvalue weighted by Crippen LogP contribution is -2.65. The monoisotopic (exact) mass is 364 g/mol. The van der Waals surface area contributed by atoms with E-state index in [2.05, 4.69) is 47.7 Å². The summed E-state index contributed by atoms with van der Waals surface area (Å²) in [5.41, 5.74) is -0.0000374. The predicted octanol–water partition coefficient (Wildman–Crippen LogP) is 5.26. The van der Waals surface area contributed by atoms with Gasteiger partial charge in [-0.05, 0) is 61.9 Å². The number of ketones is 1. The number of carbonyl (C=O) groups is 1. The molecule has 3 aliphatic rings. The molecule has 5 atom stereocenters. The summed E-state index contributed by atoms with van der Waals surface area (Å²) in [5.74, 6) is 0.525. The van der Waals surface area contributed by atoms with Gasteiger partial charge in [0.05, 0.1) is 12.2 Å². The normalized spacial score (nSPS) is 41.5. The quantitative estimate of drug-likeness (QED) is 0.641. The van der Waals surface area contributed by atoms with Gasteiger partial charge in [-0.1, -0.05) is 41.0 Å². The van der Waals surface area contributed by atoms with Crippen LogP contribution in [0.2, 0.25) is 18.1 Å². The van der Waals surface area contributed by atoms with E-state index in [1.165, 1.54) is 0 Å². The summed E-state index contributed by atoms with van der Waals surface area (Å²) in [5, 5.41) is 0.171. The Morgan fingerprint density at radius 1 is 1.32 bits per heavy atom. The van der Waals surface area contributed by atoms with Crippen LogP contribution in [-0.2, 0) is 14.0 Å². The van der Waals surface area contributed by atoms with Crippen LogP contribution in [0.5, 0.6) is 0 Å². The van der Waals surface area contributed by atoms with Gasteiger partial charge >= 0.3 is 0 Å². The van der Waals surface area contributed by atoms with Gasteiger partial charge in [0.1, 0.15) is 5.60 Å². The minimum atomic E-state index is -1.90. The molecule has 0 N–H and O–H groups in total. The molecule has 2 bridgehead atoms. The van der Waals surface area contributed by atoms with Crippen LogP contribution in [-0.4, -0.2) is 31.9 Å². The second-order valence-corrected chi connectivity index (χ2v) is 15.0. The molecular weight excluding hydrogens is 328 g/mol. The highest BCUT2D eigenvalue weighted by Crippen LogP contribution is 2.62. The van der Waals surface area contributed by atoms with Crippen LogP contribution in [0.4, 0.5) is 0 Å². The minimum absolute atomic E-state index is 0.0698. The second kappa shape index (κ2) is 5.77. The molecule has 25 heavy (non-hydrogen) atoms. The average Bonchev–Trinajstić information content (AvgIpc) is 2.75. The Bertz CT molecular complexity index is 603. The van der Waals surface area contributed by atoms with Crippen LogP contribution >= 0.6 is 0 Å². The maximum atomic E-state index is 13.4. The van der Waals surface area contributed by atoms with Gasteiger partial charge in [-0.15, -0.1) is 0 Å². The topological polar surface area (TPSA) is 35.5 Å². The maximum Gasteiger partial charge on any atom is 0.192 e. The molecule has 4 heteroatoms. The maximum absolute atomic E-state index is 13.4. The van der Waals surface area contributed by atoms with Crippen molar-refractivity contribution in [1.29, 1.82) is 0 Å². The molecule has 1 saturated heterocycles. The summed E-state index contributed by atoms with van der Waals surface area (Å²) in [7, 11) is -1.90. The van der Waals surface area contributed by atoms with Crippen molar-refractivity contribution >= 4 is 14.1 Å². The van der Waals surface area contributed by atoms with E-state index in [1.54, 1.807) is 0 Å². The molecule has 2 aliphatic heterocycles. The van der Waals surface area contributed by atoms with Crippen molar-refractivity contribution in [3.8, 4) is 0 Å². The highest BCUT2D eigenvalue weighted by Gasteiger charge is 2.70. The molecule has 2 fully saturated rings. The molecule has 1 saturated carbocycles. The van der Waals surface area contributed by atoms with Crippen LogP contribution < -0.4 is 0 Å². The molecule has 0 unspecified atom stereocenters. The van der Waals surface area contributed by atoms with Crippen molar-refractivity contribution < 1.29 is 14.0 Å². The lowest BCUT2D eigenvalue weighted by Gasteiger charge is -2.56. The third-order valence-corrected chi connectivity index (χ3v) is 12.2. The Labute approximate surface area is 154 Å². The number of hydrogen-bond donors (Lipinski definition) is 0. The highest BCUT2D eigenvalue weighted by molar-refractivity contribution is 6.74. The van der Waals surface area contributed by atoms with Gasteiger partial charge in [0.2, 0.25) is 0 Å². The van der Waals surface area contributed by atoms with Crippen LogP contribution in [0.25, 0.3) is 0 Å². The van der Waals surface area contributed by atoms with E-state index < -0.39 is 13.9 Å². The zero-order chi connectivity index (χ0) is 18.8. The fraction of sp³-hybridized carbons (Fsp3) is 0.857. The van der Waals surface area contributed by atoms with Gasteiger partial charge in [0.15, 0.2) is 14.1 Å². The molecule has 0 aromatic heterocycles. The molecule has 142 valence electrons. The smallest absolute Gasteiger partial charge is 0.192 e. The average molecular weight is 365 g/mol. The van der Waals surface area contributed by atoms with E-state index in [-0.39, 0.29) is 28.4 Å². The van der Waals surface area contributed by atoms with E-state index in [1.807, 2.05) is 13.0 Å². The molecule has 0 radical (unpaired) electrons. The molecule has 0 aromatic rings. The zero-order valence-corrected chi connectivity index (χ0v) is 18.4. The summed E-state index contributed by atoms with van der Waals surface area (Å²) in [6, 6.07) is 0. The summed E-state index contributed by atoms with van der Waals surface area (Å²) < 4.78 is 13.4. The Hall–Kier alpha value is -0.453. The van der Waals surface area contributed by atoms with E-state index >= 15 is 0 Å². The first kappa shape index (κ1) is 19.3. The van der Waals surface area contributed by atoms with E-state index in [0.717, 1.165) is 31.3 Å². The zero-order valence-electron chi connectivity index (χ0n) is 17.4. The molecule has 3 nitrogen and oxygen atoms in total. The molecule has 3 rings (SSSR count). The summed E-state index contributed by atoms with van der Waals surface area (Å²) in [6.45, 7) is 17.9. The summed E-state index contributed by atoms with van der Waals surface area (Å²) in [6.07, 6.45) is 6.21. The molecule has 1 spiro atoms. The molecule has 0 aromatic carbocycles. The van der Waals surface area contributed by atoms with E-state index in [4.69, 9.17) is 9.16 Å². The van der Waals surface area contributed by atoms with E-state index in [0.29, 0.717) is 5.92 Å². The van der Waals surface area contributed by atoms with Gasteiger partial charge in [-0.3, -0.25) is 4.79 Å². The third-order valence-electron chi connectivity index (χ3n) is 7.74. The first-order valence-electron chi connectivity index (χ1n) is 9.98. The largest absolute Gasteiger partial charge is 0.413 e. The lowest BCUT2D eigenvalue weighted by molar-refractivity contribution is -0.185. The second-order valence-electron chi connectivity index (χ2n) is 10.2. The van der Waals surface area contributed by atoms with Crippen LogP contribution in [0.1, 0.15) is 67.2 Å². The van der Waals surface area contributed by atoms with Gasteiger partial charge in [0.25, 0.3) is 0 Å². The minimum Gasteiger partial charge on any atom is -0.413 e. The fourth-order valence-electron chi connectivity index (χ4n) is 5.24. The number of Topliss-reactive ketones (excluding diaryl/α,β-unsaturated/α-hetero) is 1. The van der Waals surface area contributed by atoms with Crippen molar-refractivity contribution in [3.05, 3.63) is 11.6 Å². The molecule has 2 heterocycles. The molecule has 0 amide bonds. The van der Waals surface area contributed by atoms with Gasteiger partial charge in [-0.25, -0.2) is 0 Å². The first-order valence-corrected chi connectivity index (χ1v) is 12.9. The lowest BCUT2D eigenvalue weighted by atomic mass is 9.55. The standard InChI is InChI=1S/C21H36O3Si/c1-9-15-10-11-17(24-25(7,8)19(3,4)5)20(6)13-16-12-14(2)18(22)21(15,20)23-16/h12,15-17H,9-11,13H2,1-8H3/t15-,16-,17-,20+,21+/m0/s1. The highest BCUT2D eigenvalue weighted by atomic mass is 28.4. The Morgan fingerprint density at radius 2 is 1.96 bits per heavy atom. The van der Waals surface area contributed by atoms with Gasteiger partial charge in [0, 0.05) is 5.41 Å². The summed E-state index contributed by atoms with van der Waals surface area (Å²) in [4.78, 5) is 13.4. The SMILES string of the molecule is CC[C@H]1CC[C@H](O[Si](C)(C)C(C)(C)C)[C@@]2(C)C[C@@H]3C=C(C)C(=O)[C@]12O3. The number of carbonyl (C=O) groups excluding carboxylic acids is 1. The van der Waals surface area contributed by atoms with Crippen molar-refractivity contribution in [2.45, 2.75) is 103 Å². The Balaban J connectivity index is 2.03. The molecule has 1 aliphatic carbocycles. The third kappa shape index (κ3) is 2.54. The number of rotatable bonds is 3. The van der Waals surface area contributed by atoms with Crippen molar-refractivity contribution in [3.63, 3.8) is 0 Å². The van der Waals surface area contributed by atoms with Crippen molar-refractivity contribution in [1.82, 2.24) is 0 Å². The Morgan fingerprint density at radius 3 is 2.52 bits per heavy atom. The van der Waals surface area contributed by atoms with Crippen LogP contribution in [0.15, 0.2) is 11.6 Å². The van der Waals surface area contributed by atoms with E-state index in [9.17, 15) is 4.79 Å². The van der Waals surface area contributed by atoms with Crippen molar-refractivity contribution in [2.24, 2.45) is 11.3 Å². The summed E-state index contributed by atoms with van der Waals surface area (Å²) >= 11 is 0. The van der Waals surface area contributed by atoms with Crippen LogP contribution in [0.3, 0.4) is 0 Å². The van der Waals surface area contributed by atoms with Crippen molar-refractivity contribution in [2.75, 3.05) is 0 Å². The number of hydrogen-bond acceptors (Lipinski definition) is 3. The number of ether oxygens (including phenoxy) is 1. The predicted molar refractivity (Wildman–Crippen MR) is 104 cm³/mol. The fourth-order valence-corrected chi connectivity index (χ4v) is 6.69. The molecular formula is C21H36O3Si. The number of fused-ring (bicyclic) bond motifs is 1.